The summed E-state index contributed by atoms with van der Waals surface area (Å²) in [5.41, 5.74) is 8.02. The van der Waals surface area contributed by atoms with Crippen LogP contribution in [-0.2, 0) is 12.3 Å². The van der Waals surface area contributed by atoms with E-state index in [9.17, 15) is 4.39 Å². The summed E-state index contributed by atoms with van der Waals surface area (Å²) < 4.78 is 13.9. The molecule has 0 aromatic heterocycles. The van der Waals surface area contributed by atoms with Crippen LogP contribution in [0.15, 0.2) is 47.4 Å². The van der Waals surface area contributed by atoms with E-state index in [0.29, 0.717) is 16.9 Å². The molecule has 94 valence electrons. The molecule has 3 heteroatoms. The summed E-state index contributed by atoms with van der Waals surface area (Å²) in [4.78, 5) is 1.15. The zero-order valence-corrected chi connectivity index (χ0v) is 11.1. The number of thioether (sulfide) groups is 1. The molecule has 2 aromatic rings. The third kappa shape index (κ3) is 3.12. The average molecular weight is 261 g/mol. The molecule has 0 heterocycles. The maximum atomic E-state index is 13.9. The average Bonchev–Trinajstić information content (AvgIpc) is 2.39. The van der Waals surface area contributed by atoms with Crippen molar-refractivity contribution in [3.8, 4) is 0 Å². The number of hydrogen-bond donors (Lipinski definition) is 1. The molecular formula is C15H16FNS. The molecule has 0 aliphatic carbocycles. The van der Waals surface area contributed by atoms with Crippen LogP contribution in [0.4, 0.5) is 4.39 Å². The number of aryl methyl sites for hydroxylation is 1. The summed E-state index contributed by atoms with van der Waals surface area (Å²) in [6.45, 7) is 2.30. The largest absolute Gasteiger partial charge is 0.326 e. The van der Waals surface area contributed by atoms with Crippen molar-refractivity contribution in [2.24, 2.45) is 5.73 Å². The first-order valence-corrected chi connectivity index (χ1v) is 6.85. The van der Waals surface area contributed by atoms with E-state index in [1.807, 2.05) is 12.1 Å². The van der Waals surface area contributed by atoms with Gasteiger partial charge in [-0.3, -0.25) is 0 Å². The summed E-state index contributed by atoms with van der Waals surface area (Å²) in [5.74, 6) is 0.461. The van der Waals surface area contributed by atoms with Crippen molar-refractivity contribution >= 4 is 11.8 Å². The Labute approximate surface area is 111 Å². The number of halogens is 1. The van der Waals surface area contributed by atoms with Gasteiger partial charge in [0, 0.05) is 22.8 Å². The first kappa shape index (κ1) is 13.1. The first-order valence-electron chi connectivity index (χ1n) is 5.86. The predicted molar refractivity (Wildman–Crippen MR) is 75.0 cm³/mol. The Morgan fingerprint density at radius 2 is 1.72 bits per heavy atom. The second kappa shape index (κ2) is 6.03. The summed E-state index contributed by atoms with van der Waals surface area (Å²) >= 11 is 1.63. The smallest absolute Gasteiger partial charge is 0.131 e. The van der Waals surface area contributed by atoms with E-state index in [2.05, 4.69) is 31.2 Å². The SMILES string of the molecule is Cc1ccc(SCc2cccc(CN)c2F)cc1. The molecule has 2 rings (SSSR count). The van der Waals surface area contributed by atoms with Gasteiger partial charge in [0.2, 0.25) is 0 Å². The van der Waals surface area contributed by atoms with Gasteiger partial charge in [0.05, 0.1) is 0 Å². The lowest BCUT2D eigenvalue weighted by Gasteiger charge is -2.07. The minimum atomic E-state index is -0.167. The lowest BCUT2D eigenvalue weighted by Crippen LogP contribution is -2.02. The molecule has 0 fully saturated rings. The van der Waals surface area contributed by atoms with Crippen molar-refractivity contribution in [3.05, 3.63) is 65.0 Å². The van der Waals surface area contributed by atoms with E-state index in [-0.39, 0.29) is 12.4 Å². The molecule has 0 spiro atoms. The molecule has 0 radical (unpaired) electrons. The Balaban J connectivity index is 2.08. The highest BCUT2D eigenvalue weighted by Crippen LogP contribution is 2.25. The summed E-state index contributed by atoms with van der Waals surface area (Å²) in [7, 11) is 0. The van der Waals surface area contributed by atoms with Gasteiger partial charge in [0.25, 0.3) is 0 Å². The molecule has 0 atom stereocenters. The fourth-order valence-corrected chi connectivity index (χ4v) is 2.57. The van der Waals surface area contributed by atoms with Crippen molar-refractivity contribution in [2.75, 3.05) is 0 Å². The monoisotopic (exact) mass is 261 g/mol. The number of nitrogens with two attached hydrogens (primary N) is 1. The molecule has 0 aliphatic heterocycles. The van der Waals surface area contributed by atoms with Crippen LogP contribution >= 0.6 is 11.8 Å². The predicted octanol–water partition coefficient (Wildman–Crippen LogP) is 3.89. The van der Waals surface area contributed by atoms with Crippen molar-refractivity contribution in [1.29, 1.82) is 0 Å². The standard InChI is InChI=1S/C15H16FNS/c1-11-5-7-14(8-6-11)18-10-13-4-2-3-12(9-17)15(13)16/h2-8H,9-10,17H2,1H3. The van der Waals surface area contributed by atoms with E-state index >= 15 is 0 Å². The highest BCUT2D eigenvalue weighted by molar-refractivity contribution is 7.98. The van der Waals surface area contributed by atoms with E-state index in [1.165, 1.54) is 5.56 Å². The summed E-state index contributed by atoms with van der Waals surface area (Å²) in [6, 6.07) is 13.7. The van der Waals surface area contributed by atoms with Gasteiger partial charge in [0.15, 0.2) is 0 Å². The third-order valence-corrected chi connectivity index (χ3v) is 3.85. The van der Waals surface area contributed by atoms with Crippen LogP contribution in [0.25, 0.3) is 0 Å². The first-order chi connectivity index (χ1) is 8.70. The van der Waals surface area contributed by atoms with Gasteiger partial charge in [-0.2, -0.15) is 0 Å². The highest BCUT2D eigenvalue weighted by Gasteiger charge is 2.06. The topological polar surface area (TPSA) is 26.0 Å². The van der Waals surface area contributed by atoms with E-state index in [4.69, 9.17) is 5.73 Å². The molecule has 0 unspecified atom stereocenters. The summed E-state index contributed by atoms with van der Waals surface area (Å²) in [6.07, 6.45) is 0. The molecule has 0 bridgehead atoms. The fourth-order valence-electron chi connectivity index (χ4n) is 1.70. The minimum absolute atomic E-state index is 0.167. The van der Waals surface area contributed by atoms with Crippen molar-refractivity contribution in [2.45, 2.75) is 24.1 Å². The van der Waals surface area contributed by atoms with Crippen LogP contribution in [-0.4, -0.2) is 0 Å². The normalized spacial score (nSPS) is 10.6. The molecule has 1 nitrogen and oxygen atoms in total. The lowest BCUT2D eigenvalue weighted by atomic mass is 10.1. The van der Waals surface area contributed by atoms with Crippen LogP contribution in [0.1, 0.15) is 16.7 Å². The lowest BCUT2D eigenvalue weighted by molar-refractivity contribution is 0.600. The molecule has 0 aliphatic rings. The van der Waals surface area contributed by atoms with Crippen molar-refractivity contribution in [3.63, 3.8) is 0 Å². The quantitative estimate of drug-likeness (QED) is 0.845. The van der Waals surface area contributed by atoms with Crippen LogP contribution < -0.4 is 5.73 Å². The van der Waals surface area contributed by atoms with E-state index in [0.717, 1.165) is 4.90 Å². The van der Waals surface area contributed by atoms with E-state index in [1.54, 1.807) is 17.8 Å². The van der Waals surface area contributed by atoms with Crippen LogP contribution in [0.3, 0.4) is 0 Å². The molecule has 0 saturated heterocycles. The second-order valence-corrected chi connectivity index (χ2v) is 5.24. The Hall–Kier alpha value is -1.32. The zero-order valence-electron chi connectivity index (χ0n) is 10.3. The molecule has 0 saturated carbocycles. The maximum Gasteiger partial charge on any atom is 0.131 e. The fraction of sp³-hybridized carbons (Fsp3) is 0.200. The van der Waals surface area contributed by atoms with Gasteiger partial charge >= 0.3 is 0 Å². The van der Waals surface area contributed by atoms with Crippen molar-refractivity contribution in [1.82, 2.24) is 0 Å². The Kier molecular flexibility index (Phi) is 4.39. The van der Waals surface area contributed by atoms with Gasteiger partial charge in [-0.25, -0.2) is 4.39 Å². The molecular weight excluding hydrogens is 245 g/mol. The summed E-state index contributed by atoms with van der Waals surface area (Å²) in [5, 5.41) is 0. The Morgan fingerprint density at radius 1 is 1.06 bits per heavy atom. The van der Waals surface area contributed by atoms with E-state index < -0.39 is 0 Å². The van der Waals surface area contributed by atoms with Crippen LogP contribution in [0, 0.1) is 12.7 Å². The number of hydrogen-bond acceptors (Lipinski definition) is 2. The second-order valence-electron chi connectivity index (χ2n) is 4.20. The maximum absolute atomic E-state index is 13.9. The van der Waals surface area contributed by atoms with Gasteiger partial charge < -0.3 is 5.73 Å². The molecule has 0 amide bonds. The van der Waals surface area contributed by atoms with Crippen LogP contribution in [0.5, 0.6) is 0 Å². The van der Waals surface area contributed by atoms with Gasteiger partial charge in [0.1, 0.15) is 5.82 Å². The molecule has 2 N–H and O–H groups in total. The van der Waals surface area contributed by atoms with Crippen molar-refractivity contribution < 1.29 is 4.39 Å². The number of rotatable bonds is 4. The van der Waals surface area contributed by atoms with Gasteiger partial charge in [-0.05, 0) is 24.6 Å². The van der Waals surface area contributed by atoms with Crippen LogP contribution in [0.2, 0.25) is 0 Å². The minimum Gasteiger partial charge on any atom is -0.326 e. The Morgan fingerprint density at radius 3 is 2.39 bits per heavy atom. The Bertz CT molecular complexity index is 523. The van der Waals surface area contributed by atoms with Gasteiger partial charge in [-0.15, -0.1) is 11.8 Å². The third-order valence-electron chi connectivity index (χ3n) is 2.79. The molecule has 18 heavy (non-hydrogen) atoms. The number of benzene rings is 2. The van der Waals surface area contributed by atoms with Gasteiger partial charge in [-0.1, -0.05) is 35.9 Å². The molecule has 2 aromatic carbocycles. The highest BCUT2D eigenvalue weighted by atomic mass is 32.2. The zero-order chi connectivity index (χ0) is 13.0.